The zero-order valence-corrected chi connectivity index (χ0v) is 20.5. The Balaban J connectivity index is 0.00000450. The summed E-state index contributed by atoms with van der Waals surface area (Å²) in [5.74, 6) is 1.24. The number of amides is 1. The lowest BCUT2D eigenvalue weighted by Crippen LogP contribution is -2.48. The van der Waals surface area contributed by atoms with Gasteiger partial charge in [0.1, 0.15) is 5.75 Å². The summed E-state index contributed by atoms with van der Waals surface area (Å²) in [4.78, 5) is 19.3. The minimum Gasteiger partial charge on any atom is -0.508 e. The van der Waals surface area contributed by atoms with Crippen molar-refractivity contribution < 1.29 is 14.6 Å². The highest BCUT2D eigenvalue weighted by Crippen LogP contribution is 2.13. The van der Waals surface area contributed by atoms with Gasteiger partial charge in [-0.05, 0) is 37.1 Å². The van der Waals surface area contributed by atoms with Crippen LogP contribution in [0, 0.1) is 5.92 Å². The number of benzene rings is 1. The molecule has 1 unspecified atom stereocenters. The molecule has 8 nitrogen and oxygen atoms in total. The van der Waals surface area contributed by atoms with Gasteiger partial charge >= 0.3 is 0 Å². The topological polar surface area (TPSA) is 98.2 Å². The van der Waals surface area contributed by atoms with E-state index in [0.717, 1.165) is 38.8 Å². The van der Waals surface area contributed by atoms with Gasteiger partial charge < -0.3 is 25.8 Å². The molecule has 1 amide bonds. The minimum absolute atomic E-state index is 0. The summed E-state index contributed by atoms with van der Waals surface area (Å²) in [6.07, 6.45) is 0. The first-order chi connectivity index (χ1) is 14.0. The van der Waals surface area contributed by atoms with Crippen LogP contribution in [0.3, 0.4) is 0 Å². The predicted molar refractivity (Wildman–Crippen MR) is 131 cm³/mol. The van der Waals surface area contributed by atoms with Gasteiger partial charge in [-0.2, -0.15) is 0 Å². The Morgan fingerprint density at radius 2 is 1.77 bits per heavy atom. The molecule has 0 spiro atoms. The van der Waals surface area contributed by atoms with Gasteiger partial charge in [-0.1, -0.05) is 13.8 Å². The summed E-state index contributed by atoms with van der Waals surface area (Å²) in [5.41, 5.74) is 0.522. The van der Waals surface area contributed by atoms with Crippen LogP contribution in [0.1, 0.15) is 31.1 Å². The third-order valence-electron chi connectivity index (χ3n) is 4.90. The molecule has 1 aliphatic rings. The molecule has 4 N–H and O–H groups in total. The molecule has 0 aliphatic carbocycles. The number of carbonyl (C=O) groups excluding carboxylic acids is 1. The fourth-order valence-electron chi connectivity index (χ4n) is 3.26. The Bertz CT molecular complexity index is 649. The third kappa shape index (κ3) is 9.05. The molecular formula is C21H36IN5O3. The number of aromatic hydroxyl groups is 1. The molecule has 9 heteroatoms. The summed E-state index contributed by atoms with van der Waals surface area (Å²) in [5, 5.41) is 18.7. The van der Waals surface area contributed by atoms with Crippen molar-refractivity contribution in [2.24, 2.45) is 10.9 Å². The molecule has 2 rings (SSSR count). The van der Waals surface area contributed by atoms with E-state index in [9.17, 15) is 9.90 Å². The van der Waals surface area contributed by atoms with Crippen molar-refractivity contribution in [3.05, 3.63) is 29.8 Å². The highest BCUT2D eigenvalue weighted by Gasteiger charge is 2.23. The number of carbonyl (C=O) groups is 1. The Labute approximate surface area is 196 Å². The van der Waals surface area contributed by atoms with Crippen molar-refractivity contribution in [3.63, 3.8) is 0 Å². The molecule has 170 valence electrons. The molecule has 1 fully saturated rings. The number of aliphatic imine (C=N–C) groups is 1. The highest BCUT2D eigenvalue weighted by atomic mass is 127. The van der Waals surface area contributed by atoms with Crippen molar-refractivity contribution >= 4 is 35.8 Å². The van der Waals surface area contributed by atoms with Crippen molar-refractivity contribution in [3.8, 4) is 5.75 Å². The van der Waals surface area contributed by atoms with Gasteiger partial charge in [0.05, 0.1) is 19.8 Å². The molecule has 1 aromatic rings. The number of ether oxygens (including phenoxy) is 1. The van der Waals surface area contributed by atoms with E-state index in [2.05, 4.69) is 34.7 Å². The Kier molecular flexibility index (Phi) is 12.7. The van der Waals surface area contributed by atoms with Crippen molar-refractivity contribution in [2.75, 3.05) is 52.5 Å². The zero-order valence-electron chi connectivity index (χ0n) is 18.2. The van der Waals surface area contributed by atoms with Gasteiger partial charge in [0, 0.05) is 44.3 Å². The van der Waals surface area contributed by atoms with Crippen LogP contribution in [-0.2, 0) is 4.74 Å². The Hall–Kier alpha value is -1.59. The molecule has 0 bridgehead atoms. The molecule has 0 radical (unpaired) electrons. The summed E-state index contributed by atoms with van der Waals surface area (Å²) >= 11 is 0. The quantitative estimate of drug-likeness (QED) is 0.167. The highest BCUT2D eigenvalue weighted by molar-refractivity contribution is 14.0. The van der Waals surface area contributed by atoms with Crippen LogP contribution in [0.5, 0.6) is 5.75 Å². The average Bonchev–Trinajstić information content (AvgIpc) is 2.72. The number of rotatable bonds is 9. The normalized spacial score (nSPS) is 15.9. The Morgan fingerprint density at radius 3 is 2.37 bits per heavy atom. The number of hydrogen-bond donors (Lipinski definition) is 4. The van der Waals surface area contributed by atoms with E-state index >= 15 is 0 Å². The summed E-state index contributed by atoms with van der Waals surface area (Å²) in [6, 6.07) is 6.58. The molecular weight excluding hydrogens is 497 g/mol. The van der Waals surface area contributed by atoms with Crippen molar-refractivity contribution in [2.45, 2.75) is 26.8 Å². The van der Waals surface area contributed by atoms with Crippen LogP contribution < -0.4 is 16.0 Å². The first-order valence-corrected chi connectivity index (χ1v) is 10.4. The van der Waals surface area contributed by atoms with E-state index in [1.807, 2.05) is 6.92 Å². The minimum atomic E-state index is -0.166. The lowest BCUT2D eigenvalue weighted by Gasteiger charge is -2.36. The molecule has 1 saturated heterocycles. The second kappa shape index (κ2) is 14.4. The second-order valence-electron chi connectivity index (χ2n) is 7.41. The molecule has 30 heavy (non-hydrogen) atoms. The maximum absolute atomic E-state index is 12.1. The summed E-state index contributed by atoms with van der Waals surface area (Å²) < 4.78 is 5.47. The standard InChI is InChI=1S/C21H35N5O3.HI/c1-4-22-21(25-15-19(16(2)3)26-11-13-29-14-12-26)24-10-9-23-20(28)17-5-7-18(27)8-6-17;/h5-8,16,19,27H,4,9-15H2,1-3H3,(H,23,28)(H2,22,24,25);1H. The van der Waals surface area contributed by atoms with Gasteiger partial charge in [-0.3, -0.25) is 14.7 Å². The predicted octanol–water partition coefficient (Wildman–Crippen LogP) is 1.65. The van der Waals surface area contributed by atoms with Gasteiger partial charge in [-0.15, -0.1) is 24.0 Å². The van der Waals surface area contributed by atoms with E-state index in [1.54, 1.807) is 12.1 Å². The maximum atomic E-state index is 12.1. The van der Waals surface area contributed by atoms with E-state index in [1.165, 1.54) is 12.1 Å². The maximum Gasteiger partial charge on any atom is 0.251 e. The molecule has 1 aromatic carbocycles. The number of halogens is 1. The fourth-order valence-corrected chi connectivity index (χ4v) is 3.26. The number of phenolic OH excluding ortho intramolecular Hbond substituents is 1. The van der Waals surface area contributed by atoms with Gasteiger partial charge in [0.2, 0.25) is 0 Å². The lowest BCUT2D eigenvalue weighted by molar-refractivity contribution is 0.00867. The van der Waals surface area contributed by atoms with Crippen LogP contribution in [-0.4, -0.2) is 80.4 Å². The molecule has 1 heterocycles. The van der Waals surface area contributed by atoms with Crippen LogP contribution in [0.4, 0.5) is 0 Å². The van der Waals surface area contributed by atoms with Gasteiger partial charge in [0.15, 0.2) is 5.96 Å². The first-order valence-electron chi connectivity index (χ1n) is 10.4. The molecule has 1 atom stereocenters. The molecule has 1 aliphatic heterocycles. The summed E-state index contributed by atoms with van der Waals surface area (Å²) in [6.45, 7) is 12.5. The zero-order chi connectivity index (χ0) is 21.1. The number of morpholine rings is 1. The Morgan fingerprint density at radius 1 is 1.13 bits per heavy atom. The molecule has 0 aromatic heterocycles. The van der Waals surface area contributed by atoms with Crippen LogP contribution >= 0.6 is 24.0 Å². The monoisotopic (exact) mass is 533 g/mol. The van der Waals surface area contributed by atoms with Crippen LogP contribution in [0.15, 0.2) is 29.3 Å². The number of nitrogens with one attached hydrogen (secondary N) is 3. The second-order valence-corrected chi connectivity index (χ2v) is 7.41. The smallest absolute Gasteiger partial charge is 0.251 e. The lowest BCUT2D eigenvalue weighted by atomic mass is 10.0. The van der Waals surface area contributed by atoms with E-state index < -0.39 is 0 Å². The number of phenols is 1. The third-order valence-corrected chi connectivity index (χ3v) is 4.90. The summed E-state index contributed by atoms with van der Waals surface area (Å²) in [7, 11) is 0. The number of guanidine groups is 1. The van der Waals surface area contributed by atoms with Crippen LogP contribution in [0.2, 0.25) is 0 Å². The van der Waals surface area contributed by atoms with E-state index in [-0.39, 0.29) is 35.6 Å². The van der Waals surface area contributed by atoms with E-state index in [0.29, 0.717) is 37.2 Å². The average molecular weight is 533 g/mol. The largest absolute Gasteiger partial charge is 0.508 e. The SMILES string of the molecule is CCNC(=NCC(C(C)C)N1CCOCC1)NCCNC(=O)c1ccc(O)cc1.I. The van der Waals surface area contributed by atoms with E-state index in [4.69, 9.17) is 9.73 Å². The van der Waals surface area contributed by atoms with Gasteiger partial charge in [-0.25, -0.2) is 0 Å². The fraction of sp³-hybridized carbons (Fsp3) is 0.619. The van der Waals surface area contributed by atoms with Crippen LogP contribution in [0.25, 0.3) is 0 Å². The number of hydrogen-bond acceptors (Lipinski definition) is 5. The first kappa shape index (κ1) is 26.4. The molecule has 0 saturated carbocycles. The van der Waals surface area contributed by atoms with Crippen molar-refractivity contribution in [1.29, 1.82) is 0 Å². The van der Waals surface area contributed by atoms with Gasteiger partial charge in [0.25, 0.3) is 5.91 Å². The number of nitrogens with zero attached hydrogens (tertiary/aromatic N) is 2. The van der Waals surface area contributed by atoms with Crippen molar-refractivity contribution in [1.82, 2.24) is 20.9 Å².